The smallest absolute Gasteiger partial charge is 0.416 e. The summed E-state index contributed by atoms with van der Waals surface area (Å²) in [4.78, 5) is 13.1. The van der Waals surface area contributed by atoms with E-state index in [-0.39, 0.29) is 22.2 Å². The van der Waals surface area contributed by atoms with Gasteiger partial charge < -0.3 is 14.8 Å². The number of amides is 1. The van der Waals surface area contributed by atoms with Crippen molar-refractivity contribution in [1.82, 2.24) is 9.78 Å². The Morgan fingerprint density at radius 3 is 2.50 bits per heavy atom. The maximum atomic E-state index is 13.2. The highest BCUT2D eigenvalue weighted by molar-refractivity contribution is 6.32. The molecule has 10 heteroatoms. The lowest BCUT2D eigenvalue weighted by molar-refractivity contribution is -0.137. The van der Waals surface area contributed by atoms with Crippen LogP contribution in [0, 0.1) is 0 Å². The van der Waals surface area contributed by atoms with Gasteiger partial charge in [0.2, 0.25) is 0 Å². The van der Waals surface area contributed by atoms with Crippen LogP contribution in [0.5, 0.6) is 11.5 Å². The van der Waals surface area contributed by atoms with E-state index < -0.39 is 17.6 Å². The van der Waals surface area contributed by atoms with Gasteiger partial charge in [0.25, 0.3) is 5.91 Å². The number of methoxy groups -OCH3 is 2. The number of halogens is 4. The molecule has 1 amide bonds. The molecule has 4 rings (SSSR count). The Labute approximate surface area is 186 Å². The van der Waals surface area contributed by atoms with Crippen molar-refractivity contribution in [1.29, 1.82) is 0 Å². The fourth-order valence-corrected chi connectivity index (χ4v) is 3.69. The van der Waals surface area contributed by atoms with Crippen LogP contribution >= 0.6 is 11.6 Å². The Morgan fingerprint density at radius 1 is 1.16 bits per heavy atom. The van der Waals surface area contributed by atoms with E-state index in [9.17, 15) is 18.0 Å². The highest BCUT2D eigenvalue weighted by Gasteiger charge is 2.34. The minimum atomic E-state index is -4.48. The van der Waals surface area contributed by atoms with E-state index in [1.54, 1.807) is 6.07 Å². The van der Waals surface area contributed by atoms with Gasteiger partial charge in [-0.1, -0.05) is 17.7 Å². The van der Waals surface area contributed by atoms with Gasteiger partial charge in [0, 0.05) is 12.0 Å². The van der Waals surface area contributed by atoms with E-state index in [4.69, 9.17) is 21.1 Å². The second-order valence-corrected chi connectivity index (χ2v) is 7.73. The molecule has 0 spiro atoms. The number of benzene rings is 2. The monoisotopic (exact) mass is 465 g/mol. The molecule has 1 aromatic heterocycles. The Balaban J connectivity index is 1.70. The van der Waals surface area contributed by atoms with Gasteiger partial charge in [-0.25, -0.2) is 4.68 Å². The first-order valence-electron chi connectivity index (χ1n) is 9.71. The molecule has 1 aliphatic carbocycles. The standard InChI is InChI=1S/C22H19ClF3N3O3/c1-31-18-10-19(32-2)17(9-16(18)23)28-21(30)15-11-27-29(20(15)12-6-7-12)14-5-3-4-13(8-14)22(24,25)26/h3-5,8-12H,6-7H2,1-2H3,(H,28,30). The van der Waals surface area contributed by atoms with E-state index in [0.717, 1.165) is 25.0 Å². The number of alkyl halides is 3. The molecule has 1 N–H and O–H groups in total. The summed E-state index contributed by atoms with van der Waals surface area (Å²) in [7, 11) is 2.91. The molecule has 1 saturated carbocycles. The van der Waals surface area contributed by atoms with Crippen LogP contribution in [0.2, 0.25) is 5.02 Å². The molecule has 168 valence electrons. The van der Waals surface area contributed by atoms with E-state index in [1.165, 1.54) is 43.3 Å². The maximum Gasteiger partial charge on any atom is 0.416 e. The highest BCUT2D eigenvalue weighted by Crippen LogP contribution is 2.43. The van der Waals surface area contributed by atoms with Crippen molar-refractivity contribution in [3.63, 3.8) is 0 Å². The topological polar surface area (TPSA) is 65.4 Å². The quantitative estimate of drug-likeness (QED) is 0.508. The summed E-state index contributed by atoms with van der Waals surface area (Å²) in [6.45, 7) is 0. The fraction of sp³-hybridized carbons (Fsp3) is 0.273. The molecule has 1 heterocycles. The Hall–Kier alpha value is -3.20. The minimum absolute atomic E-state index is 0.0362. The van der Waals surface area contributed by atoms with Gasteiger partial charge in [0.05, 0.1) is 53.6 Å². The minimum Gasteiger partial charge on any atom is -0.495 e. The lowest BCUT2D eigenvalue weighted by Crippen LogP contribution is -2.15. The summed E-state index contributed by atoms with van der Waals surface area (Å²) in [5, 5.41) is 7.27. The van der Waals surface area contributed by atoms with E-state index in [2.05, 4.69) is 10.4 Å². The normalized spacial score (nSPS) is 13.7. The zero-order valence-electron chi connectivity index (χ0n) is 17.2. The Morgan fingerprint density at radius 2 is 1.88 bits per heavy atom. The van der Waals surface area contributed by atoms with E-state index in [1.807, 2.05) is 0 Å². The van der Waals surface area contributed by atoms with Crippen LogP contribution < -0.4 is 14.8 Å². The number of hydrogen-bond acceptors (Lipinski definition) is 4. The second-order valence-electron chi connectivity index (χ2n) is 7.32. The number of carbonyl (C=O) groups is 1. The van der Waals surface area contributed by atoms with Gasteiger partial charge in [-0.05, 0) is 37.1 Å². The third kappa shape index (κ3) is 4.25. The first kappa shape index (κ1) is 22.0. The predicted octanol–water partition coefficient (Wildman–Crippen LogP) is 5.69. The molecule has 0 radical (unpaired) electrons. The number of rotatable bonds is 6. The van der Waals surface area contributed by atoms with Crippen molar-refractivity contribution in [3.8, 4) is 17.2 Å². The number of hydrogen-bond donors (Lipinski definition) is 1. The number of nitrogens with one attached hydrogen (secondary N) is 1. The van der Waals surface area contributed by atoms with Crippen molar-refractivity contribution in [2.24, 2.45) is 0 Å². The molecular formula is C22H19ClF3N3O3. The van der Waals surface area contributed by atoms with Crippen LogP contribution in [0.4, 0.5) is 18.9 Å². The highest BCUT2D eigenvalue weighted by atomic mass is 35.5. The second kappa shape index (κ2) is 8.38. The van der Waals surface area contributed by atoms with Crippen LogP contribution in [0.25, 0.3) is 5.69 Å². The van der Waals surface area contributed by atoms with Crippen LogP contribution in [0.3, 0.4) is 0 Å². The molecule has 1 fully saturated rings. The predicted molar refractivity (Wildman–Crippen MR) is 113 cm³/mol. The van der Waals surface area contributed by atoms with Crippen molar-refractivity contribution < 1.29 is 27.4 Å². The Kier molecular flexibility index (Phi) is 5.77. The zero-order chi connectivity index (χ0) is 23.0. The number of aromatic nitrogens is 2. The molecule has 6 nitrogen and oxygen atoms in total. The van der Waals surface area contributed by atoms with Gasteiger partial charge in [0.15, 0.2) is 0 Å². The number of carbonyl (C=O) groups excluding carboxylic acids is 1. The van der Waals surface area contributed by atoms with E-state index >= 15 is 0 Å². The van der Waals surface area contributed by atoms with Crippen LogP contribution in [0.1, 0.15) is 40.4 Å². The maximum absolute atomic E-state index is 13.2. The summed E-state index contributed by atoms with van der Waals surface area (Å²) in [6, 6.07) is 7.92. The molecule has 32 heavy (non-hydrogen) atoms. The molecule has 2 aromatic carbocycles. The molecule has 0 aliphatic heterocycles. The van der Waals surface area contributed by atoms with Crippen LogP contribution in [-0.4, -0.2) is 29.9 Å². The number of nitrogens with zero attached hydrogens (tertiary/aromatic N) is 2. The largest absolute Gasteiger partial charge is 0.495 e. The van der Waals surface area contributed by atoms with Gasteiger partial charge in [-0.2, -0.15) is 18.3 Å². The molecular weight excluding hydrogens is 447 g/mol. The summed E-state index contributed by atoms with van der Waals surface area (Å²) in [5.74, 6) is 0.300. The molecule has 0 bridgehead atoms. The molecule has 0 saturated heterocycles. The third-order valence-corrected chi connectivity index (χ3v) is 5.45. The fourth-order valence-electron chi connectivity index (χ4n) is 3.45. The lowest BCUT2D eigenvalue weighted by atomic mass is 10.1. The molecule has 0 atom stereocenters. The molecule has 0 unspecified atom stereocenters. The van der Waals surface area contributed by atoms with Crippen molar-refractivity contribution in [2.45, 2.75) is 24.9 Å². The summed E-state index contributed by atoms with van der Waals surface area (Å²) >= 11 is 6.18. The SMILES string of the molecule is COc1cc(OC)c(NC(=O)c2cnn(-c3cccc(C(F)(F)F)c3)c2C2CC2)cc1Cl. The van der Waals surface area contributed by atoms with Crippen molar-refractivity contribution >= 4 is 23.2 Å². The average molecular weight is 466 g/mol. The van der Waals surface area contributed by atoms with Gasteiger partial charge >= 0.3 is 6.18 Å². The molecule has 1 aliphatic rings. The van der Waals surface area contributed by atoms with Crippen molar-refractivity contribution in [2.75, 3.05) is 19.5 Å². The first-order valence-corrected chi connectivity index (χ1v) is 10.1. The third-order valence-electron chi connectivity index (χ3n) is 5.16. The van der Waals surface area contributed by atoms with Crippen LogP contribution in [-0.2, 0) is 6.18 Å². The lowest BCUT2D eigenvalue weighted by Gasteiger charge is -2.14. The number of ether oxygens (including phenoxy) is 2. The number of anilines is 1. The van der Waals surface area contributed by atoms with E-state index in [0.29, 0.717) is 22.9 Å². The first-order chi connectivity index (χ1) is 15.2. The summed E-state index contributed by atoms with van der Waals surface area (Å²) in [6.07, 6.45) is -1.47. The Bertz CT molecular complexity index is 1170. The average Bonchev–Trinajstić information content (AvgIpc) is 3.50. The van der Waals surface area contributed by atoms with Gasteiger partial charge in [0.1, 0.15) is 11.5 Å². The van der Waals surface area contributed by atoms with Crippen LogP contribution in [0.15, 0.2) is 42.6 Å². The molecule has 3 aromatic rings. The summed E-state index contributed by atoms with van der Waals surface area (Å²) < 4.78 is 51.4. The summed E-state index contributed by atoms with van der Waals surface area (Å²) in [5.41, 5.74) is 0.637. The van der Waals surface area contributed by atoms with Gasteiger partial charge in [-0.3, -0.25) is 4.79 Å². The van der Waals surface area contributed by atoms with Gasteiger partial charge in [-0.15, -0.1) is 0 Å². The zero-order valence-corrected chi connectivity index (χ0v) is 17.9. The van der Waals surface area contributed by atoms with Crippen molar-refractivity contribution in [3.05, 3.63) is 64.4 Å².